The molecule has 1 aromatic carbocycles. The van der Waals surface area contributed by atoms with Crippen molar-refractivity contribution < 1.29 is 9.53 Å². The van der Waals surface area contributed by atoms with Gasteiger partial charge in [0.1, 0.15) is 5.75 Å². The Labute approximate surface area is 131 Å². The number of likely N-dealkylation sites (N-methyl/N-ethyl adjacent to an activating group) is 1. The molecule has 5 heteroatoms. The zero-order valence-electron chi connectivity index (χ0n) is 12.8. The van der Waals surface area contributed by atoms with Crippen LogP contribution < -0.4 is 15.4 Å². The molecule has 21 heavy (non-hydrogen) atoms. The minimum absolute atomic E-state index is 0.00317. The average Bonchev–Trinajstić information content (AvgIpc) is 2.42. The second-order valence-electron chi connectivity index (χ2n) is 4.79. The van der Waals surface area contributed by atoms with Gasteiger partial charge in [-0.3, -0.25) is 4.79 Å². The molecule has 0 aliphatic heterocycles. The highest BCUT2D eigenvalue weighted by Gasteiger charge is 2.18. The van der Waals surface area contributed by atoms with Gasteiger partial charge < -0.3 is 15.4 Å². The van der Waals surface area contributed by atoms with Crippen LogP contribution >= 0.6 is 11.6 Å². The SMILES string of the molecule is CCC.CNC1C=C(NC(=O)COc2ccc(Cl)cc2)C1. The Morgan fingerprint density at radius 3 is 2.43 bits per heavy atom. The van der Waals surface area contributed by atoms with Crippen LogP contribution in [-0.2, 0) is 4.79 Å². The summed E-state index contributed by atoms with van der Waals surface area (Å²) in [5.41, 5.74) is 0.944. The van der Waals surface area contributed by atoms with Crippen LogP contribution in [-0.4, -0.2) is 25.6 Å². The van der Waals surface area contributed by atoms with E-state index in [4.69, 9.17) is 16.3 Å². The van der Waals surface area contributed by atoms with Gasteiger partial charge in [0, 0.05) is 23.2 Å². The van der Waals surface area contributed by atoms with E-state index in [-0.39, 0.29) is 12.5 Å². The number of benzene rings is 1. The van der Waals surface area contributed by atoms with Crippen molar-refractivity contribution >= 4 is 17.5 Å². The second-order valence-corrected chi connectivity index (χ2v) is 5.23. The zero-order chi connectivity index (χ0) is 15.7. The summed E-state index contributed by atoms with van der Waals surface area (Å²) in [5.74, 6) is 0.482. The summed E-state index contributed by atoms with van der Waals surface area (Å²) in [6, 6.07) is 7.28. The van der Waals surface area contributed by atoms with E-state index >= 15 is 0 Å². The Morgan fingerprint density at radius 1 is 1.33 bits per heavy atom. The van der Waals surface area contributed by atoms with E-state index in [1.807, 2.05) is 13.1 Å². The van der Waals surface area contributed by atoms with Crippen molar-refractivity contribution in [2.45, 2.75) is 32.7 Å². The molecule has 116 valence electrons. The minimum Gasteiger partial charge on any atom is -0.484 e. The van der Waals surface area contributed by atoms with Gasteiger partial charge in [-0.2, -0.15) is 0 Å². The van der Waals surface area contributed by atoms with Crippen molar-refractivity contribution in [1.82, 2.24) is 10.6 Å². The maximum atomic E-state index is 11.6. The fourth-order valence-corrected chi connectivity index (χ4v) is 1.75. The number of ether oxygens (including phenoxy) is 1. The number of hydrogen-bond acceptors (Lipinski definition) is 3. The zero-order valence-corrected chi connectivity index (χ0v) is 13.5. The fraction of sp³-hybridized carbons (Fsp3) is 0.438. The lowest BCUT2D eigenvalue weighted by Crippen LogP contribution is -2.39. The van der Waals surface area contributed by atoms with Gasteiger partial charge in [-0.05, 0) is 37.4 Å². The quantitative estimate of drug-likeness (QED) is 0.878. The van der Waals surface area contributed by atoms with Crippen molar-refractivity contribution in [2.24, 2.45) is 0 Å². The summed E-state index contributed by atoms with van der Waals surface area (Å²) < 4.78 is 5.33. The molecule has 2 rings (SSSR count). The fourth-order valence-electron chi connectivity index (χ4n) is 1.62. The van der Waals surface area contributed by atoms with E-state index in [2.05, 4.69) is 24.5 Å². The Morgan fingerprint density at radius 2 is 1.90 bits per heavy atom. The Balaban J connectivity index is 0.000000677. The van der Waals surface area contributed by atoms with Gasteiger partial charge in [-0.25, -0.2) is 0 Å². The van der Waals surface area contributed by atoms with Crippen LogP contribution in [0.3, 0.4) is 0 Å². The number of hydrogen-bond donors (Lipinski definition) is 2. The van der Waals surface area contributed by atoms with E-state index in [9.17, 15) is 4.79 Å². The maximum Gasteiger partial charge on any atom is 0.262 e. The van der Waals surface area contributed by atoms with Crippen molar-refractivity contribution in [3.63, 3.8) is 0 Å². The lowest BCUT2D eigenvalue weighted by Gasteiger charge is -2.25. The van der Waals surface area contributed by atoms with Crippen LogP contribution in [0.15, 0.2) is 36.0 Å². The molecule has 2 N–H and O–H groups in total. The Hall–Kier alpha value is -1.52. The van der Waals surface area contributed by atoms with Gasteiger partial charge in [-0.1, -0.05) is 31.9 Å². The molecule has 0 aromatic heterocycles. The lowest BCUT2D eigenvalue weighted by molar-refractivity contribution is -0.122. The van der Waals surface area contributed by atoms with Crippen LogP contribution in [0.5, 0.6) is 5.75 Å². The van der Waals surface area contributed by atoms with Gasteiger partial charge in [0.25, 0.3) is 5.91 Å². The van der Waals surface area contributed by atoms with Crippen molar-refractivity contribution in [2.75, 3.05) is 13.7 Å². The first-order valence-electron chi connectivity index (χ1n) is 7.15. The first kappa shape index (κ1) is 17.5. The Kier molecular flexibility index (Phi) is 7.87. The molecule has 1 aliphatic carbocycles. The van der Waals surface area contributed by atoms with Gasteiger partial charge in [0.2, 0.25) is 0 Å². The summed E-state index contributed by atoms with van der Waals surface area (Å²) >= 11 is 5.75. The van der Waals surface area contributed by atoms with Crippen molar-refractivity contribution in [3.05, 3.63) is 41.1 Å². The molecular weight excluding hydrogens is 288 g/mol. The van der Waals surface area contributed by atoms with E-state index in [0.29, 0.717) is 16.8 Å². The van der Waals surface area contributed by atoms with Gasteiger partial charge in [0.05, 0.1) is 0 Å². The predicted octanol–water partition coefficient (Wildman–Crippen LogP) is 3.13. The number of carbonyl (C=O) groups excluding carboxylic acids is 1. The van der Waals surface area contributed by atoms with Crippen molar-refractivity contribution in [1.29, 1.82) is 0 Å². The molecule has 1 aromatic rings. The molecule has 0 spiro atoms. The molecule has 0 saturated heterocycles. The number of amides is 1. The number of rotatable bonds is 5. The molecule has 0 fully saturated rings. The monoisotopic (exact) mass is 310 g/mol. The van der Waals surface area contributed by atoms with E-state index in [1.165, 1.54) is 6.42 Å². The normalized spacial score (nSPS) is 16.0. The standard InChI is InChI=1S/C13H15ClN2O2.C3H8/c1-15-10-6-11(7-10)16-13(17)8-18-12-4-2-9(14)3-5-12;1-3-2/h2-6,10,15H,7-8H2,1H3,(H,16,17);3H2,1-2H3. The van der Waals surface area contributed by atoms with E-state index in [0.717, 1.165) is 12.1 Å². The second kappa shape index (κ2) is 9.42. The summed E-state index contributed by atoms with van der Waals surface area (Å²) in [4.78, 5) is 11.6. The van der Waals surface area contributed by atoms with Crippen molar-refractivity contribution in [3.8, 4) is 5.75 Å². The largest absolute Gasteiger partial charge is 0.484 e. The van der Waals surface area contributed by atoms with Crippen LogP contribution in [0.25, 0.3) is 0 Å². The molecule has 1 aliphatic rings. The van der Waals surface area contributed by atoms with Gasteiger partial charge in [0.15, 0.2) is 6.61 Å². The average molecular weight is 311 g/mol. The molecule has 0 saturated carbocycles. The van der Waals surface area contributed by atoms with E-state index in [1.54, 1.807) is 24.3 Å². The maximum absolute atomic E-state index is 11.6. The molecular formula is C16H23ClN2O2. The third-order valence-corrected chi connectivity index (χ3v) is 2.95. The highest BCUT2D eigenvalue weighted by molar-refractivity contribution is 6.30. The summed E-state index contributed by atoms with van der Waals surface area (Å²) in [5, 5.41) is 6.53. The molecule has 1 amide bonds. The first-order valence-corrected chi connectivity index (χ1v) is 7.53. The molecule has 4 nitrogen and oxygen atoms in total. The van der Waals surface area contributed by atoms with E-state index < -0.39 is 0 Å². The number of nitrogens with one attached hydrogen (secondary N) is 2. The van der Waals surface area contributed by atoms with Crippen LogP contribution in [0.4, 0.5) is 0 Å². The highest BCUT2D eigenvalue weighted by Crippen LogP contribution is 2.16. The lowest BCUT2D eigenvalue weighted by atomic mass is 10.00. The van der Waals surface area contributed by atoms with Crippen LogP contribution in [0.1, 0.15) is 26.7 Å². The third-order valence-electron chi connectivity index (χ3n) is 2.70. The molecule has 0 radical (unpaired) electrons. The first-order chi connectivity index (χ1) is 10.1. The molecule has 1 atom stereocenters. The van der Waals surface area contributed by atoms with Crippen LogP contribution in [0, 0.1) is 0 Å². The minimum atomic E-state index is -0.147. The summed E-state index contributed by atoms with van der Waals surface area (Å²) in [6.07, 6.45) is 4.09. The predicted molar refractivity (Wildman–Crippen MR) is 86.6 cm³/mol. The third kappa shape index (κ3) is 6.65. The number of halogens is 1. The smallest absolute Gasteiger partial charge is 0.262 e. The topological polar surface area (TPSA) is 50.4 Å². The van der Waals surface area contributed by atoms with Gasteiger partial charge >= 0.3 is 0 Å². The molecule has 0 bridgehead atoms. The highest BCUT2D eigenvalue weighted by atomic mass is 35.5. The summed E-state index contributed by atoms with van der Waals surface area (Å²) in [6.45, 7) is 4.25. The van der Waals surface area contributed by atoms with Gasteiger partial charge in [-0.15, -0.1) is 0 Å². The number of carbonyl (C=O) groups is 1. The Bertz CT molecular complexity index is 472. The summed E-state index contributed by atoms with van der Waals surface area (Å²) in [7, 11) is 1.89. The van der Waals surface area contributed by atoms with Crippen LogP contribution in [0.2, 0.25) is 5.02 Å². The molecule has 1 unspecified atom stereocenters. The molecule has 0 heterocycles.